The van der Waals surface area contributed by atoms with Gasteiger partial charge in [0.05, 0.1) is 5.92 Å². The SMILES string of the molecule is CC(C(=O)Nc1cccc(CBr)c1)c1ccccc1. The van der Waals surface area contributed by atoms with Crippen molar-refractivity contribution in [1.82, 2.24) is 0 Å². The maximum Gasteiger partial charge on any atom is 0.231 e. The molecule has 0 aliphatic rings. The Balaban J connectivity index is 2.08. The zero-order valence-corrected chi connectivity index (χ0v) is 12.4. The lowest BCUT2D eigenvalue weighted by Gasteiger charge is -2.13. The molecule has 0 bridgehead atoms. The fraction of sp³-hybridized carbons (Fsp3) is 0.188. The van der Waals surface area contributed by atoms with Gasteiger partial charge >= 0.3 is 0 Å². The van der Waals surface area contributed by atoms with Gasteiger partial charge in [0, 0.05) is 11.0 Å². The number of nitrogens with one attached hydrogen (secondary N) is 1. The second-order valence-electron chi connectivity index (χ2n) is 4.46. The van der Waals surface area contributed by atoms with Crippen LogP contribution in [0.25, 0.3) is 0 Å². The molecule has 0 spiro atoms. The van der Waals surface area contributed by atoms with Crippen LogP contribution in [0.5, 0.6) is 0 Å². The van der Waals surface area contributed by atoms with Gasteiger partial charge in [0.15, 0.2) is 0 Å². The number of carbonyl (C=O) groups excluding carboxylic acids is 1. The standard InChI is InChI=1S/C16H16BrNO/c1-12(14-7-3-2-4-8-14)16(19)18-15-9-5-6-13(10-15)11-17/h2-10,12H,11H2,1H3,(H,18,19). The Kier molecular flexibility index (Phi) is 4.74. The molecule has 0 saturated heterocycles. The molecule has 1 N–H and O–H groups in total. The first kappa shape index (κ1) is 13.8. The lowest BCUT2D eigenvalue weighted by atomic mass is 10.0. The highest BCUT2D eigenvalue weighted by molar-refractivity contribution is 9.08. The van der Waals surface area contributed by atoms with Crippen LogP contribution in [0.15, 0.2) is 54.6 Å². The van der Waals surface area contributed by atoms with Crippen molar-refractivity contribution in [3.8, 4) is 0 Å². The molecule has 98 valence electrons. The first-order valence-electron chi connectivity index (χ1n) is 6.21. The van der Waals surface area contributed by atoms with Crippen molar-refractivity contribution in [2.24, 2.45) is 0 Å². The smallest absolute Gasteiger partial charge is 0.231 e. The maximum absolute atomic E-state index is 12.2. The van der Waals surface area contributed by atoms with Crippen molar-refractivity contribution in [3.63, 3.8) is 0 Å². The molecule has 0 fully saturated rings. The summed E-state index contributed by atoms with van der Waals surface area (Å²) in [6.45, 7) is 1.92. The third-order valence-corrected chi connectivity index (χ3v) is 3.69. The normalized spacial score (nSPS) is 11.9. The molecule has 2 nitrogen and oxygen atoms in total. The Morgan fingerprint density at radius 1 is 1.16 bits per heavy atom. The summed E-state index contributed by atoms with van der Waals surface area (Å²) in [5.41, 5.74) is 3.01. The van der Waals surface area contributed by atoms with Gasteiger partial charge in [-0.25, -0.2) is 0 Å². The first-order chi connectivity index (χ1) is 9.20. The molecule has 2 aromatic rings. The average Bonchev–Trinajstić information content (AvgIpc) is 2.47. The summed E-state index contributed by atoms with van der Waals surface area (Å²) in [6, 6.07) is 17.6. The molecule has 1 amide bonds. The van der Waals surface area contributed by atoms with Crippen molar-refractivity contribution in [3.05, 3.63) is 65.7 Å². The van der Waals surface area contributed by atoms with Crippen LogP contribution < -0.4 is 5.32 Å². The van der Waals surface area contributed by atoms with Crippen LogP contribution in [0.3, 0.4) is 0 Å². The molecule has 2 rings (SSSR count). The minimum absolute atomic E-state index is 0.0120. The van der Waals surface area contributed by atoms with Gasteiger partial charge < -0.3 is 5.32 Å². The minimum Gasteiger partial charge on any atom is -0.326 e. The highest BCUT2D eigenvalue weighted by atomic mass is 79.9. The van der Waals surface area contributed by atoms with Crippen LogP contribution in [0.2, 0.25) is 0 Å². The number of amides is 1. The Labute approximate surface area is 122 Å². The molecular formula is C16H16BrNO. The average molecular weight is 318 g/mol. The van der Waals surface area contributed by atoms with E-state index in [4.69, 9.17) is 0 Å². The molecule has 0 radical (unpaired) electrons. The molecular weight excluding hydrogens is 302 g/mol. The van der Waals surface area contributed by atoms with Gasteiger partial charge in [0.1, 0.15) is 0 Å². The van der Waals surface area contributed by atoms with Gasteiger partial charge in [-0.2, -0.15) is 0 Å². The van der Waals surface area contributed by atoms with Crippen LogP contribution in [-0.2, 0) is 10.1 Å². The van der Waals surface area contributed by atoms with Gasteiger partial charge in [-0.1, -0.05) is 58.4 Å². The summed E-state index contributed by atoms with van der Waals surface area (Å²) in [5, 5.41) is 3.74. The van der Waals surface area contributed by atoms with Gasteiger partial charge in [-0.15, -0.1) is 0 Å². The van der Waals surface area contributed by atoms with E-state index in [1.54, 1.807) is 0 Å². The Morgan fingerprint density at radius 3 is 2.58 bits per heavy atom. The topological polar surface area (TPSA) is 29.1 Å². The summed E-state index contributed by atoms with van der Waals surface area (Å²) in [6.07, 6.45) is 0. The predicted molar refractivity (Wildman–Crippen MR) is 82.6 cm³/mol. The summed E-state index contributed by atoms with van der Waals surface area (Å²) >= 11 is 3.41. The number of halogens is 1. The van der Waals surface area contributed by atoms with Crippen LogP contribution in [0.1, 0.15) is 24.0 Å². The molecule has 1 atom stereocenters. The number of rotatable bonds is 4. The van der Waals surface area contributed by atoms with Crippen LogP contribution in [0.4, 0.5) is 5.69 Å². The van der Waals surface area contributed by atoms with Crippen LogP contribution in [0, 0.1) is 0 Å². The largest absolute Gasteiger partial charge is 0.326 e. The fourth-order valence-corrected chi connectivity index (χ4v) is 2.22. The van der Waals surface area contributed by atoms with E-state index in [2.05, 4.69) is 21.2 Å². The third kappa shape index (κ3) is 3.67. The number of hydrogen-bond donors (Lipinski definition) is 1. The van der Waals surface area contributed by atoms with E-state index >= 15 is 0 Å². The molecule has 2 aromatic carbocycles. The first-order valence-corrected chi connectivity index (χ1v) is 7.33. The molecule has 19 heavy (non-hydrogen) atoms. The van der Waals surface area contributed by atoms with Crippen LogP contribution in [-0.4, -0.2) is 5.91 Å². The van der Waals surface area contributed by atoms with Gasteiger partial charge in [-0.3, -0.25) is 4.79 Å². The van der Waals surface area contributed by atoms with Gasteiger partial charge in [0.2, 0.25) is 5.91 Å². The van der Waals surface area contributed by atoms with E-state index in [-0.39, 0.29) is 11.8 Å². The van der Waals surface area contributed by atoms with E-state index in [0.29, 0.717) is 0 Å². The number of alkyl halides is 1. The minimum atomic E-state index is -0.158. The molecule has 3 heteroatoms. The number of carbonyl (C=O) groups is 1. The molecule has 0 aromatic heterocycles. The Hall–Kier alpha value is -1.61. The lowest BCUT2D eigenvalue weighted by Crippen LogP contribution is -2.18. The van der Waals surface area contributed by atoms with Crippen molar-refractivity contribution in [1.29, 1.82) is 0 Å². The zero-order chi connectivity index (χ0) is 13.7. The summed E-state index contributed by atoms with van der Waals surface area (Å²) in [4.78, 5) is 12.2. The van der Waals surface area contributed by atoms with Gasteiger partial charge in [0.25, 0.3) is 0 Å². The van der Waals surface area contributed by atoms with E-state index in [1.165, 1.54) is 0 Å². The van der Waals surface area contributed by atoms with Crippen molar-refractivity contribution < 1.29 is 4.79 Å². The summed E-state index contributed by atoms with van der Waals surface area (Å²) < 4.78 is 0. The number of hydrogen-bond acceptors (Lipinski definition) is 1. The molecule has 0 heterocycles. The van der Waals surface area contributed by atoms with Gasteiger partial charge in [-0.05, 0) is 30.2 Å². The van der Waals surface area contributed by atoms with Crippen molar-refractivity contribution in [2.75, 3.05) is 5.32 Å². The zero-order valence-electron chi connectivity index (χ0n) is 10.8. The highest BCUT2D eigenvalue weighted by Gasteiger charge is 2.14. The second-order valence-corrected chi connectivity index (χ2v) is 5.02. The fourth-order valence-electron chi connectivity index (χ4n) is 1.88. The van der Waals surface area contributed by atoms with E-state index in [0.717, 1.165) is 22.1 Å². The maximum atomic E-state index is 12.2. The molecule has 0 saturated carbocycles. The summed E-state index contributed by atoms with van der Waals surface area (Å²) in [5.74, 6) is -0.147. The number of anilines is 1. The van der Waals surface area contributed by atoms with Crippen molar-refractivity contribution in [2.45, 2.75) is 18.2 Å². The number of benzene rings is 2. The lowest BCUT2D eigenvalue weighted by molar-refractivity contribution is -0.117. The predicted octanol–water partition coefficient (Wildman–Crippen LogP) is 4.32. The molecule has 0 aliphatic heterocycles. The quantitative estimate of drug-likeness (QED) is 0.836. The van der Waals surface area contributed by atoms with E-state index in [1.807, 2.05) is 61.5 Å². The van der Waals surface area contributed by atoms with E-state index < -0.39 is 0 Å². The third-order valence-electron chi connectivity index (χ3n) is 3.04. The molecule has 1 unspecified atom stereocenters. The summed E-state index contributed by atoms with van der Waals surface area (Å²) in [7, 11) is 0. The Morgan fingerprint density at radius 2 is 1.89 bits per heavy atom. The highest BCUT2D eigenvalue weighted by Crippen LogP contribution is 2.19. The Bertz CT molecular complexity index is 554. The van der Waals surface area contributed by atoms with Crippen molar-refractivity contribution >= 4 is 27.5 Å². The monoisotopic (exact) mass is 317 g/mol. The van der Waals surface area contributed by atoms with Crippen LogP contribution >= 0.6 is 15.9 Å². The molecule has 0 aliphatic carbocycles. The second kappa shape index (κ2) is 6.53. The van der Waals surface area contributed by atoms with E-state index in [9.17, 15) is 4.79 Å².